The quantitative estimate of drug-likeness (QED) is 0.430. The third-order valence-electron chi connectivity index (χ3n) is 4.83. The van der Waals surface area contributed by atoms with Crippen molar-refractivity contribution in [3.8, 4) is 11.8 Å². The molecule has 3 aromatic rings. The second-order valence-corrected chi connectivity index (χ2v) is 7.38. The minimum atomic E-state index is -0.787. The van der Waals surface area contributed by atoms with Gasteiger partial charge >= 0.3 is 12.1 Å². The van der Waals surface area contributed by atoms with Gasteiger partial charge < -0.3 is 15.2 Å². The van der Waals surface area contributed by atoms with Gasteiger partial charge in [0.2, 0.25) is 0 Å². The fraction of sp³-hybridized carbons (Fsp3) is 0.231. The first kappa shape index (κ1) is 21.9. The summed E-state index contributed by atoms with van der Waals surface area (Å²) in [5.41, 5.74) is 2.84. The molecule has 3 rings (SSSR count). The molecule has 3 aromatic carbocycles. The number of hydrogen-bond donors (Lipinski definition) is 2. The molecule has 0 spiro atoms. The average Bonchev–Trinajstić information content (AvgIpc) is 2.78. The third kappa shape index (κ3) is 6.90. The zero-order valence-corrected chi connectivity index (χ0v) is 17.4. The van der Waals surface area contributed by atoms with E-state index in [4.69, 9.17) is 9.84 Å². The van der Waals surface area contributed by atoms with E-state index in [2.05, 4.69) is 17.2 Å². The molecule has 158 valence electrons. The van der Waals surface area contributed by atoms with Crippen LogP contribution >= 0.6 is 0 Å². The Bertz CT molecular complexity index is 1110. The minimum Gasteiger partial charge on any atom is -0.481 e. The van der Waals surface area contributed by atoms with Crippen LogP contribution in [0.1, 0.15) is 30.0 Å². The van der Waals surface area contributed by atoms with E-state index < -0.39 is 18.0 Å². The molecule has 31 heavy (non-hydrogen) atoms. The number of carbonyl (C=O) groups excluding carboxylic acids is 1. The predicted molar refractivity (Wildman–Crippen MR) is 121 cm³/mol. The Kier molecular flexibility index (Phi) is 7.67. The van der Waals surface area contributed by atoms with E-state index in [1.54, 1.807) is 6.92 Å². The predicted octanol–water partition coefficient (Wildman–Crippen LogP) is 4.77. The SMILES string of the molecule is C[C@@H](Cc1ccc2cc(C#CCCNC(=O)OCc3ccccc3)ccc2c1)C(=O)O. The molecule has 2 N–H and O–H groups in total. The summed E-state index contributed by atoms with van der Waals surface area (Å²) in [5.74, 6) is 4.97. The Morgan fingerprint density at radius 2 is 1.74 bits per heavy atom. The Hall–Kier alpha value is -3.78. The number of amides is 1. The summed E-state index contributed by atoms with van der Waals surface area (Å²) in [6, 6.07) is 21.5. The van der Waals surface area contributed by atoms with Gasteiger partial charge in [-0.15, -0.1) is 0 Å². The normalized spacial score (nSPS) is 11.3. The maximum atomic E-state index is 11.7. The summed E-state index contributed by atoms with van der Waals surface area (Å²) in [6.45, 7) is 2.37. The second-order valence-electron chi connectivity index (χ2n) is 7.38. The van der Waals surface area contributed by atoms with Crippen LogP contribution in [0, 0.1) is 17.8 Å². The lowest BCUT2D eigenvalue weighted by Crippen LogP contribution is -2.24. The summed E-state index contributed by atoms with van der Waals surface area (Å²) in [7, 11) is 0. The van der Waals surface area contributed by atoms with Gasteiger partial charge in [0.15, 0.2) is 0 Å². The van der Waals surface area contributed by atoms with Crippen molar-refractivity contribution in [2.45, 2.75) is 26.4 Å². The summed E-state index contributed by atoms with van der Waals surface area (Å²) >= 11 is 0. The highest BCUT2D eigenvalue weighted by molar-refractivity contribution is 5.84. The van der Waals surface area contributed by atoms with E-state index >= 15 is 0 Å². The number of carboxylic acid groups (broad SMARTS) is 1. The molecule has 0 aliphatic heterocycles. The number of ether oxygens (including phenoxy) is 1. The molecular formula is C26H25NO4. The number of hydrogen-bond acceptors (Lipinski definition) is 3. The van der Waals surface area contributed by atoms with Gasteiger partial charge in [0.05, 0.1) is 5.92 Å². The van der Waals surface area contributed by atoms with E-state index in [1.165, 1.54) is 0 Å². The average molecular weight is 415 g/mol. The molecule has 0 saturated heterocycles. The number of nitrogens with one attached hydrogen (secondary N) is 1. The molecular weight excluding hydrogens is 390 g/mol. The molecule has 0 unspecified atom stereocenters. The maximum Gasteiger partial charge on any atom is 0.407 e. The van der Waals surface area contributed by atoms with Crippen molar-refractivity contribution in [2.24, 2.45) is 5.92 Å². The van der Waals surface area contributed by atoms with Crippen LogP contribution in [0.4, 0.5) is 4.79 Å². The standard InChI is InChI=1S/C26H25NO4/c1-19(25(28)29)15-22-11-13-23-16-20(10-12-24(23)17-22)7-5-6-14-27-26(30)31-18-21-8-3-2-4-9-21/h2-4,8-13,16-17,19H,6,14-15,18H2,1H3,(H,27,30)(H,28,29)/t19-/m0/s1. The molecule has 5 heteroatoms. The topological polar surface area (TPSA) is 75.6 Å². The summed E-state index contributed by atoms with van der Waals surface area (Å²) < 4.78 is 5.16. The van der Waals surface area contributed by atoms with Crippen LogP contribution < -0.4 is 5.32 Å². The first-order valence-electron chi connectivity index (χ1n) is 10.2. The van der Waals surface area contributed by atoms with E-state index in [1.807, 2.05) is 66.7 Å². The van der Waals surface area contributed by atoms with Gasteiger partial charge in [-0.3, -0.25) is 4.79 Å². The van der Waals surface area contributed by atoms with Crippen LogP contribution in [0.2, 0.25) is 0 Å². The molecule has 0 aliphatic rings. The monoisotopic (exact) mass is 415 g/mol. The van der Waals surface area contributed by atoms with Crippen molar-refractivity contribution in [2.75, 3.05) is 6.54 Å². The van der Waals surface area contributed by atoms with Gasteiger partial charge in [-0.25, -0.2) is 4.79 Å². The Morgan fingerprint density at radius 1 is 1.00 bits per heavy atom. The molecule has 5 nitrogen and oxygen atoms in total. The lowest BCUT2D eigenvalue weighted by atomic mass is 9.98. The lowest BCUT2D eigenvalue weighted by molar-refractivity contribution is -0.141. The van der Waals surface area contributed by atoms with Gasteiger partial charge in [0, 0.05) is 18.5 Å². The van der Waals surface area contributed by atoms with Crippen LogP contribution in [0.5, 0.6) is 0 Å². The van der Waals surface area contributed by atoms with E-state index in [0.717, 1.165) is 27.5 Å². The largest absolute Gasteiger partial charge is 0.481 e. The van der Waals surface area contributed by atoms with E-state index in [9.17, 15) is 9.59 Å². The molecule has 0 fully saturated rings. The molecule has 0 bridgehead atoms. The Labute approximate surface area is 182 Å². The van der Waals surface area contributed by atoms with Crippen molar-refractivity contribution in [3.63, 3.8) is 0 Å². The van der Waals surface area contributed by atoms with Gasteiger partial charge in [0.25, 0.3) is 0 Å². The third-order valence-corrected chi connectivity index (χ3v) is 4.83. The molecule has 0 heterocycles. The summed E-state index contributed by atoms with van der Waals surface area (Å²) in [5, 5.41) is 13.9. The first-order chi connectivity index (χ1) is 15.0. The molecule has 0 aromatic heterocycles. The lowest BCUT2D eigenvalue weighted by Gasteiger charge is -2.07. The number of carboxylic acids is 1. The van der Waals surface area contributed by atoms with E-state index in [-0.39, 0.29) is 6.61 Å². The fourth-order valence-corrected chi connectivity index (χ4v) is 3.11. The van der Waals surface area contributed by atoms with Crippen molar-refractivity contribution < 1.29 is 19.4 Å². The number of fused-ring (bicyclic) bond motifs is 1. The highest BCUT2D eigenvalue weighted by atomic mass is 16.5. The van der Waals surface area contributed by atoms with E-state index in [0.29, 0.717) is 19.4 Å². The van der Waals surface area contributed by atoms with Crippen LogP contribution in [-0.2, 0) is 22.6 Å². The van der Waals surface area contributed by atoms with Crippen LogP contribution in [0.15, 0.2) is 66.7 Å². The molecule has 0 radical (unpaired) electrons. The number of alkyl carbamates (subject to hydrolysis) is 1. The van der Waals surface area contributed by atoms with Crippen molar-refractivity contribution in [1.29, 1.82) is 0 Å². The van der Waals surface area contributed by atoms with Crippen molar-refractivity contribution in [3.05, 3.63) is 83.4 Å². The second kappa shape index (κ2) is 10.8. The zero-order valence-electron chi connectivity index (χ0n) is 17.4. The van der Waals surface area contributed by atoms with Crippen molar-refractivity contribution in [1.82, 2.24) is 5.32 Å². The molecule has 0 saturated carbocycles. The number of rotatable bonds is 7. The van der Waals surface area contributed by atoms with Gasteiger partial charge in [0.1, 0.15) is 6.61 Å². The zero-order chi connectivity index (χ0) is 22.1. The highest BCUT2D eigenvalue weighted by Gasteiger charge is 2.11. The maximum absolute atomic E-state index is 11.7. The molecule has 1 amide bonds. The van der Waals surface area contributed by atoms with Crippen LogP contribution in [0.25, 0.3) is 10.8 Å². The summed E-state index contributed by atoms with van der Waals surface area (Å²) in [6.07, 6.45) is 0.572. The van der Waals surface area contributed by atoms with Crippen molar-refractivity contribution >= 4 is 22.8 Å². The minimum absolute atomic E-state index is 0.242. The number of benzene rings is 3. The fourth-order valence-electron chi connectivity index (χ4n) is 3.11. The number of carbonyl (C=O) groups is 2. The first-order valence-corrected chi connectivity index (χ1v) is 10.2. The Morgan fingerprint density at radius 3 is 2.52 bits per heavy atom. The number of aliphatic carboxylic acids is 1. The van der Waals surface area contributed by atoms with Crippen LogP contribution in [0.3, 0.4) is 0 Å². The summed E-state index contributed by atoms with van der Waals surface area (Å²) in [4.78, 5) is 22.8. The molecule has 0 aliphatic carbocycles. The highest BCUT2D eigenvalue weighted by Crippen LogP contribution is 2.19. The Balaban J connectivity index is 1.47. The smallest absolute Gasteiger partial charge is 0.407 e. The van der Waals surface area contributed by atoms with Gasteiger partial charge in [-0.2, -0.15) is 0 Å². The van der Waals surface area contributed by atoms with Gasteiger partial charge in [-0.05, 0) is 40.5 Å². The molecule has 1 atom stereocenters. The van der Waals surface area contributed by atoms with Crippen LogP contribution in [-0.4, -0.2) is 23.7 Å². The van der Waals surface area contributed by atoms with Gasteiger partial charge in [-0.1, -0.05) is 73.4 Å².